The second kappa shape index (κ2) is 4.11. The number of nitrogens with two attached hydrogens (primary N) is 1. The van der Waals surface area contributed by atoms with Crippen molar-refractivity contribution in [1.82, 2.24) is 20.1 Å². The van der Waals surface area contributed by atoms with Gasteiger partial charge in [0.1, 0.15) is 17.1 Å². The topological polar surface area (TPSA) is 100.0 Å². The van der Waals surface area contributed by atoms with Gasteiger partial charge in [0.15, 0.2) is 0 Å². The molecule has 0 amide bonds. The van der Waals surface area contributed by atoms with Gasteiger partial charge in [0.25, 0.3) is 0 Å². The number of rotatable bonds is 2. The van der Waals surface area contributed by atoms with Crippen LogP contribution in [0.25, 0.3) is 11.5 Å². The van der Waals surface area contributed by atoms with Gasteiger partial charge in [-0.15, -0.1) is 0 Å². The summed E-state index contributed by atoms with van der Waals surface area (Å²) < 4.78 is 10.5. The Bertz CT molecular complexity index is 562. The molecule has 0 bridgehead atoms. The molecule has 1 saturated heterocycles. The molecule has 0 aromatic carbocycles. The molecule has 1 aliphatic rings. The van der Waals surface area contributed by atoms with Crippen molar-refractivity contribution in [3.05, 3.63) is 24.0 Å². The van der Waals surface area contributed by atoms with Crippen LogP contribution in [0.15, 0.2) is 16.8 Å². The molecule has 1 atom stereocenters. The zero-order chi connectivity index (χ0) is 12.6. The molecule has 7 nitrogen and oxygen atoms in total. The van der Waals surface area contributed by atoms with Crippen LogP contribution in [0.1, 0.15) is 18.1 Å². The summed E-state index contributed by atoms with van der Waals surface area (Å²) in [4.78, 5) is 12.6. The second-order valence-electron chi connectivity index (χ2n) is 4.37. The molecule has 94 valence electrons. The Morgan fingerprint density at radius 3 is 3.00 bits per heavy atom. The predicted molar refractivity (Wildman–Crippen MR) is 61.4 cm³/mol. The van der Waals surface area contributed by atoms with Gasteiger partial charge in [0, 0.05) is 12.8 Å². The van der Waals surface area contributed by atoms with Crippen LogP contribution >= 0.6 is 0 Å². The minimum absolute atomic E-state index is 0.395. The third kappa shape index (κ3) is 1.87. The highest BCUT2D eigenvalue weighted by molar-refractivity contribution is 5.47. The molecule has 1 aliphatic heterocycles. The summed E-state index contributed by atoms with van der Waals surface area (Å²) >= 11 is 0. The van der Waals surface area contributed by atoms with E-state index in [4.69, 9.17) is 15.0 Å². The lowest BCUT2D eigenvalue weighted by Crippen LogP contribution is -2.37. The van der Waals surface area contributed by atoms with Gasteiger partial charge in [-0.2, -0.15) is 4.98 Å². The summed E-state index contributed by atoms with van der Waals surface area (Å²) in [7, 11) is 0. The molecular formula is C11H13N5O2. The van der Waals surface area contributed by atoms with E-state index in [2.05, 4.69) is 20.1 Å². The molecule has 2 N–H and O–H groups in total. The molecule has 0 saturated carbocycles. The molecule has 3 heterocycles. The van der Waals surface area contributed by atoms with E-state index in [0.29, 0.717) is 42.9 Å². The van der Waals surface area contributed by atoms with Crippen LogP contribution in [-0.4, -0.2) is 33.3 Å². The van der Waals surface area contributed by atoms with E-state index in [1.54, 1.807) is 19.2 Å². The first-order chi connectivity index (χ1) is 8.67. The molecule has 2 aromatic rings. The first-order valence-electron chi connectivity index (χ1n) is 5.68. The fraction of sp³-hybridized carbons (Fsp3) is 0.455. The Hall–Kier alpha value is -1.86. The third-order valence-electron chi connectivity index (χ3n) is 2.91. The summed E-state index contributed by atoms with van der Waals surface area (Å²) in [6.07, 6.45) is 2.34. The lowest BCUT2D eigenvalue weighted by molar-refractivity contribution is 0.166. The zero-order valence-corrected chi connectivity index (χ0v) is 9.96. The van der Waals surface area contributed by atoms with Gasteiger partial charge < -0.3 is 15.0 Å². The molecule has 1 fully saturated rings. The minimum atomic E-state index is -0.673. The van der Waals surface area contributed by atoms with Gasteiger partial charge in [-0.1, -0.05) is 5.16 Å². The van der Waals surface area contributed by atoms with Crippen molar-refractivity contribution < 1.29 is 9.26 Å². The van der Waals surface area contributed by atoms with Crippen molar-refractivity contribution in [3.8, 4) is 11.5 Å². The number of aryl methyl sites for hydroxylation is 1. The van der Waals surface area contributed by atoms with E-state index in [1.807, 2.05) is 0 Å². The van der Waals surface area contributed by atoms with E-state index < -0.39 is 5.54 Å². The average molecular weight is 247 g/mol. The molecule has 18 heavy (non-hydrogen) atoms. The van der Waals surface area contributed by atoms with Gasteiger partial charge in [0.05, 0.1) is 6.61 Å². The molecule has 0 radical (unpaired) electrons. The first kappa shape index (κ1) is 11.2. The standard InChI is InChI=1S/C11H13N5O2/c1-7-13-4-2-8(14-7)9-15-10(18-16-9)11(12)3-5-17-6-11/h2,4H,3,5-6,12H2,1H3. The van der Waals surface area contributed by atoms with E-state index >= 15 is 0 Å². The third-order valence-corrected chi connectivity index (χ3v) is 2.91. The SMILES string of the molecule is Cc1nccc(-c2noc(C3(N)CCOC3)n2)n1. The van der Waals surface area contributed by atoms with Gasteiger partial charge in [0.2, 0.25) is 11.7 Å². The van der Waals surface area contributed by atoms with Crippen molar-refractivity contribution in [2.45, 2.75) is 18.9 Å². The monoisotopic (exact) mass is 247 g/mol. The van der Waals surface area contributed by atoms with E-state index in [1.165, 1.54) is 0 Å². The minimum Gasteiger partial charge on any atom is -0.379 e. The maximum atomic E-state index is 6.15. The Morgan fingerprint density at radius 2 is 2.28 bits per heavy atom. The Kier molecular flexibility index (Phi) is 2.57. The number of aromatic nitrogens is 4. The van der Waals surface area contributed by atoms with E-state index in [0.717, 1.165) is 0 Å². The molecule has 2 aromatic heterocycles. The predicted octanol–water partition coefficient (Wildman–Crippen LogP) is 0.409. The van der Waals surface area contributed by atoms with Crippen LogP contribution in [-0.2, 0) is 10.3 Å². The summed E-state index contributed by atoms with van der Waals surface area (Å²) in [5.74, 6) is 1.48. The summed E-state index contributed by atoms with van der Waals surface area (Å²) in [5, 5.41) is 3.91. The van der Waals surface area contributed by atoms with Gasteiger partial charge >= 0.3 is 0 Å². The average Bonchev–Trinajstić information content (AvgIpc) is 2.98. The molecular weight excluding hydrogens is 234 g/mol. The summed E-state index contributed by atoms with van der Waals surface area (Å²) in [6, 6.07) is 1.73. The Labute approximate surface area is 103 Å². The highest BCUT2D eigenvalue weighted by Gasteiger charge is 2.38. The maximum Gasteiger partial charge on any atom is 0.249 e. The number of nitrogens with zero attached hydrogens (tertiary/aromatic N) is 4. The van der Waals surface area contributed by atoms with E-state index in [9.17, 15) is 0 Å². The summed E-state index contributed by atoms with van der Waals surface area (Å²) in [6.45, 7) is 2.82. The first-order valence-corrected chi connectivity index (χ1v) is 5.68. The maximum absolute atomic E-state index is 6.15. The van der Waals surface area contributed by atoms with Crippen molar-refractivity contribution in [2.75, 3.05) is 13.2 Å². The second-order valence-corrected chi connectivity index (χ2v) is 4.37. The van der Waals surface area contributed by atoms with Crippen LogP contribution in [0.5, 0.6) is 0 Å². The van der Waals surface area contributed by atoms with E-state index in [-0.39, 0.29) is 0 Å². The molecule has 3 rings (SSSR count). The highest BCUT2D eigenvalue weighted by Crippen LogP contribution is 2.27. The number of hydrogen-bond acceptors (Lipinski definition) is 7. The van der Waals surface area contributed by atoms with Crippen molar-refractivity contribution in [3.63, 3.8) is 0 Å². The van der Waals surface area contributed by atoms with Crippen LogP contribution in [0, 0.1) is 6.92 Å². The lowest BCUT2D eigenvalue weighted by Gasteiger charge is -2.14. The smallest absolute Gasteiger partial charge is 0.249 e. The molecule has 0 spiro atoms. The van der Waals surface area contributed by atoms with Crippen LogP contribution in [0.3, 0.4) is 0 Å². The fourth-order valence-corrected chi connectivity index (χ4v) is 1.86. The Balaban J connectivity index is 1.94. The highest BCUT2D eigenvalue weighted by atomic mass is 16.5. The summed E-state index contributed by atoms with van der Waals surface area (Å²) in [5.41, 5.74) is 6.10. The largest absolute Gasteiger partial charge is 0.379 e. The van der Waals surface area contributed by atoms with Crippen LogP contribution < -0.4 is 5.73 Å². The lowest BCUT2D eigenvalue weighted by atomic mass is 10.0. The normalized spacial score (nSPS) is 23.4. The quantitative estimate of drug-likeness (QED) is 0.820. The fourth-order valence-electron chi connectivity index (χ4n) is 1.86. The molecule has 7 heteroatoms. The number of ether oxygens (including phenoxy) is 1. The van der Waals surface area contributed by atoms with Gasteiger partial charge in [-0.3, -0.25) is 0 Å². The van der Waals surface area contributed by atoms with Crippen molar-refractivity contribution >= 4 is 0 Å². The van der Waals surface area contributed by atoms with Crippen molar-refractivity contribution in [2.24, 2.45) is 5.73 Å². The Morgan fingerprint density at radius 1 is 1.39 bits per heavy atom. The van der Waals surface area contributed by atoms with Crippen LogP contribution in [0.2, 0.25) is 0 Å². The van der Waals surface area contributed by atoms with Gasteiger partial charge in [-0.05, 0) is 19.4 Å². The molecule has 1 unspecified atom stereocenters. The number of hydrogen-bond donors (Lipinski definition) is 1. The zero-order valence-electron chi connectivity index (χ0n) is 9.96. The van der Waals surface area contributed by atoms with Crippen LogP contribution in [0.4, 0.5) is 0 Å². The van der Waals surface area contributed by atoms with Crippen molar-refractivity contribution in [1.29, 1.82) is 0 Å². The van der Waals surface area contributed by atoms with Gasteiger partial charge in [-0.25, -0.2) is 9.97 Å². The molecule has 0 aliphatic carbocycles.